The molecule has 0 bridgehead atoms. The van der Waals surface area contributed by atoms with Crippen molar-refractivity contribution in [3.05, 3.63) is 47.2 Å². The van der Waals surface area contributed by atoms with Gasteiger partial charge in [-0.2, -0.15) is 5.10 Å². The van der Waals surface area contributed by atoms with E-state index in [1.165, 1.54) is 25.0 Å². The van der Waals surface area contributed by atoms with Crippen LogP contribution in [0.5, 0.6) is 0 Å². The van der Waals surface area contributed by atoms with Gasteiger partial charge in [0.05, 0.1) is 11.7 Å². The normalized spacial score (nSPS) is 14.1. The average molecular weight is 404 g/mol. The summed E-state index contributed by atoms with van der Waals surface area (Å²) in [7, 11) is 0. The molecule has 1 aliphatic heterocycles. The van der Waals surface area contributed by atoms with Crippen molar-refractivity contribution in [1.29, 1.82) is 0 Å². The first kappa shape index (κ1) is 21.9. The van der Waals surface area contributed by atoms with Gasteiger partial charge >= 0.3 is 0 Å². The van der Waals surface area contributed by atoms with E-state index < -0.39 is 0 Å². The van der Waals surface area contributed by atoms with Crippen LogP contribution in [0.4, 0.5) is 0 Å². The number of hydrogen-bond donors (Lipinski definition) is 0. The molecule has 4 heteroatoms. The Kier molecular flexibility index (Phi) is 7.52. The molecule has 2 heterocycles. The molecular weight excluding hydrogens is 370 g/mol. The summed E-state index contributed by atoms with van der Waals surface area (Å²) in [5.41, 5.74) is 6.14. The van der Waals surface area contributed by atoms with Crippen molar-refractivity contribution in [1.82, 2.24) is 14.7 Å². The van der Waals surface area contributed by atoms with Crippen LogP contribution in [-0.4, -0.2) is 27.6 Å². The fraction of sp³-hybridized carbons (Fsp3) is 0.462. The van der Waals surface area contributed by atoms with E-state index in [2.05, 4.69) is 37.1 Å². The Morgan fingerprint density at radius 2 is 2.10 bits per heavy atom. The molecular formula is C26H33N3O. The third-order valence-corrected chi connectivity index (χ3v) is 6.09. The average Bonchev–Trinajstić information content (AvgIpc) is 3.16. The van der Waals surface area contributed by atoms with Gasteiger partial charge in [-0.25, -0.2) is 0 Å². The largest absolute Gasteiger partial charge is 0.340 e. The van der Waals surface area contributed by atoms with E-state index >= 15 is 0 Å². The van der Waals surface area contributed by atoms with Crippen LogP contribution in [0.3, 0.4) is 0 Å². The molecule has 0 fully saturated rings. The van der Waals surface area contributed by atoms with Crippen molar-refractivity contribution in [2.75, 3.05) is 6.54 Å². The van der Waals surface area contributed by atoms with Crippen LogP contribution in [0.25, 0.3) is 17.3 Å². The highest BCUT2D eigenvalue weighted by Gasteiger charge is 2.28. The molecule has 0 saturated heterocycles. The van der Waals surface area contributed by atoms with Crippen LogP contribution < -0.4 is 0 Å². The molecule has 1 unspecified atom stereocenters. The smallest absolute Gasteiger partial charge is 0.210 e. The van der Waals surface area contributed by atoms with Gasteiger partial charge in [0.1, 0.15) is 0 Å². The van der Waals surface area contributed by atoms with Crippen molar-refractivity contribution >= 4 is 12.5 Å². The van der Waals surface area contributed by atoms with Gasteiger partial charge in [-0.1, -0.05) is 70.2 Å². The Hall–Kier alpha value is -2.80. The first-order valence-corrected chi connectivity index (χ1v) is 11.2. The van der Waals surface area contributed by atoms with Gasteiger partial charge in [0.2, 0.25) is 6.41 Å². The van der Waals surface area contributed by atoms with Crippen LogP contribution in [0.15, 0.2) is 24.8 Å². The molecule has 0 N–H and O–H groups in total. The zero-order chi connectivity index (χ0) is 21.5. The number of terminal acetylenes is 1. The van der Waals surface area contributed by atoms with E-state index in [0.717, 1.165) is 66.6 Å². The third kappa shape index (κ3) is 4.36. The van der Waals surface area contributed by atoms with Crippen molar-refractivity contribution in [3.8, 4) is 23.6 Å². The molecule has 2 aromatic rings. The molecule has 158 valence electrons. The van der Waals surface area contributed by atoms with Crippen molar-refractivity contribution in [2.24, 2.45) is 0 Å². The topological polar surface area (TPSA) is 38.1 Å². The Bertz CT molecular complexity index is 934. The predicted molar refractivity (Wildman–Crippen MR) is 124 cm³/mol. The minimum Gasteiger partial charge on any atom is -0.340 e. The zero-order valence-electron chi connectivity index (χ0n) is 18.4. The molecule has 3 rings (SSSR count). The van der Waals surface area contributed by atoms with Crippen LogP contribution in [0.2, 0.25) is 0 Å². The Labute approximate surface area is 181 Å². The number of unbranched alkanes of at least 4 members (excludes halogenated alkanes) is 2. The van der Waals surface area contributed by atoms with Gasteiger partial charge in [0.15, 0.2) is 0 Å². The second-order valence-electron chi connectivity index (χ2n) is 8.10. The maximum atomic E-state index is 11.5. The second-order valence-corrected chi connectivity index (χ2v) is 8.10. The van der Waals surface area contributed by atoms with Gasteiger partial charge in [-0.05, 0) is 24.5 Å². The SMILES string of the molecule is C#Cc1cccc(-c2nn(C(CCC)CCCCC)c3c2CN(C=O)CC3)c1C=C. The lowest BCUT2D eigenvalue weighted by atomic mass is 9.94. The van der Waals surface area contributed by atoms with Gasteiger partial charge in [-0.15, -0.1) is 6.42 Å². The lowest BCUT2D eigenvalue weighted by molar-refractivity contribution is -0.118. The minimum absolute atomic E-state index is 0.398. The monoisotopic (exact) mass is 403 g/mol. The maximum Gasteiger partial charge on any atom is 0.210 e. The van der Waals surface area contributed by atoms with Crippen LogP contribution in [0.1, 0.15) is 80.8 Å². The van der Waals surface area contributed by atoms with Crippen molar-refractivity contribution in [3.63, 3.8) is 0 Å². The summed E-state index contributed by atoms with van der Waals surface area (Å²) in [6, 6.07) is 6.38. The molecule has 0 radical (unpaired) electrons. The van der Waals surface area contributed by atoms with Gasteiger partial charge in [-0.3, -0.25) is 9.48 Å². The minimum atomic E-state index is 0.398. The number of fused-ring (bicyclic) bond motifs is 1. The van der Waals surface area contributed by atoms with Gasteiger partial charge in [0.25, 0.3) is 0 Å². The zero-order valence-corrected chi connectivity index (χ0v) is 18.4. The summed E-state index contributed by atoms with van der Waals surface area (Å²) in [5.74, 6) is 2.77. The Morgan fingerprint density at radius 3 is 2.77 bits per heavy atom. The number of aromatic nitrogens is 2. The third-order valence-electron chi connectivity index (χ3n) is 6.09. The number of benzene rings is 1. The lowest BCUT2D eigenvalue weighted by Crippen LogP contribution is -2.30. The maximum absolute atomic E-state index is 11.5. The van der Waals surface area contributed by atoms with E-state index in [9.17, 15) is 4.79 Å². The number of hydrogen-bond acceptors (Lipinski definition) is 2. The second kappa shape index (κ2) is 10.3. The molecule has 0 saturated carbocycles. The lowest BCUT2D eigenvalue weighted by Gasteiger charge is -2.26. The van der Waals surface area contributed by atoms with Crippen molar-refractivity contribution in [2.45, 2.75) is 71.4 Å². The molecule has 0 aliphatic carbocycles. The first-order valence-electron chi connectivity index (χ1n) is 11.2. The van der Waals surface area contributed by atoms with Gasteiger partial charge < -0.3 is 4.90 Å². The van der Waals surface area contributed by atoms with Crippen LogP contribution in [0, 0.1) is 12.3 Å². The molecule has 1 amide bonds. The fourth-order valence-corrected chi connectivity index (χ4v) is 4.54. The van der Waals surface area contributed by atoms with Crippen LogP contribution in [-0.2, 0) is 17.8 Å². The van der Waals surface area contributed by atoms with Gasteiger partial charge in [0, 0.05) is 41.9 Å². The van der Waals surface area contributed by atoms with Crippen molar-refractivity contribution < 1.29 is 4.79 Å². The predicted octanol–water partition coefficient (Wildman–Crippen LogP) is 5.61. The van der Waals surface area contributed by atoms with E-state index in [-0.39, 0.29) is 0 Å². The molecule has 1 aromatic carbocycles. The van der Waals surface area contributed by atoms with Crippen LogP contribution >= 0.6 is 0 Å². The highest BCUT2D eigenvalue weighted by atomic mass is 16.1. The molecule has 0 spiro atoms. The number of carbonyl (C=O) groups is 1. The van der Waals surface area contributed by atoms with E-state index in [4.69, 9.17) is 11.5 Å². The summed E-state index contributed by atoms with van der Waals surface area (Å²) < 4.78 is 2.28. The van der Waals surface area contributed by atoms with E-state index in [1.54, 1.807) is 0 Å². The Morgan fingerprint density at radius 1 is 1.27 bits per heavy atom. The summed E-state index contributed by atoms with van der Waals surface area (Å²) in [6.07, 6.45) is 16.4. The first-order chi connectivity index (χ1) is 14.7. The molecule has 30 heavy (non-hydrogen) atoms. The van der Waals surface area contributed by atoms with E-state index in [1.807, 2.05) is 23.1 Å². The Balaban J connectivity index is 2.14. The number of nitrogens with zero attached hydrogens (tertiary/aromatic N) is 3. The molecule has 4 nitrogen and oxygen atoms in total. The summed E-state index contributed by atoms with van der Waals surface area (Å²) >= 11 is 0. The molecule has 1 atom stereocenters. The standard InChI is InChI=1S/C26H33N3O/c1-5-9-10-14-21(12-6-2)29-25-16-17-28(19-30)18-24(25)26(27-29)23-15-11-13-20(7-3)22(23)8-4/h3,8,11,13,15,19,21H,4-6,9-10,12,14,16-18H2,1-2H3. The number of amides is 1. The quantitative estimate of drug-likeness (QED) is 0.294. The number of rotatable bonds is 10. The summed E-state index contributed by atoms with van der Waals surface area (Å²) in [5, 5.41) is 5.17. The number of carbonyl (C=O) groups excluding carboxylic acids is 1. The van der Waals surface area contributed by atoms with E-state index in [0.29, 0.717) is 12.6 Å². The highest BCUT2D eigenvalue weighted by molar-refractivity contribution is 5.79. The summed E-state index contributed by atoms with van der Waals surface area (Å²) in [6.45, 7) is 9.82. The summed E-state index contributed by atoms with van der Waals surface area (Å²) in [4.78, 5) is 13.4. The highest BCUT2D eigenvalue weighted by Crippen LogP contribution is 2.36. The fourth-order valence-electron chi connectivity index (χ4n) is 4.54. The molecule has 1 aromatic heterocycles. The molecule has 1 aliphatic rings.